The molecule has 2 saturated heterocycles. The molecular formula is C35H41N5O5. The molecule has 3 aromatic rings. The molecule has 0 bridgehead atoms. The van der Waals surface area contributed by atoms with Crippen molar-refractivity contribution in [1.29, 1.82) is 0 Å². The number of rotatable bonds is 10. The normalized spacial score (nSPS) is 20.6. The molecule has 6 rings (SSSR count). The molecule has 2 N–H and O–H groups in total. The molecule has 3 atom stereocenters. The molecule has 2 aromatic carbocycles. The summed E-state index contributed by atoms with van der Waals surface area (Å²) in [7, 11) is 0. The summed E-state index contributed by atoms with van der Waals surface area (Å²) in [5.41, 5.74) is 2.80. The van der Waals surface area contributed by atoms with Crippen LogP contribution < -0.4 is 10.1 Å². The standard InChI is InChI=1S/C35H41N5O5/c1-22-31(23(2)37-35(36-22)45-29-14-8-13-26(17-29)34(43)44)33(42)40-20-27-18-39(19-28(27)21-40)16-15-30(24-9-4-3-5-10-24)38-32(41)25-11-6-7-12-25/h3-5,8-10,13-14,17,25,27-28,30H,6-7,11-12,15-16,18-21H2,1-2H3,(H,38,41)(H,43,44). The fourth-order valence-electron chi connectivity index (χ4n) is 7.23. The van der Waals surface area contributed by atoms with Gasteiger partial charge in [-0.25, -0.2) is 4.79 Å². The molecule has 3 unspecified atom stereocenters. The number of carboxylic acids is 1. The van der Waals surface area contributed by atoms with Gasteiger partial charge in [0.25, 0.3) is 5.91 Å². The molecule has 10 heteroatoms. The van der Waals surface area contributed by atoms with Gasteiger partial charge in [0.15, 0.2) is 0 Å². The number of likely N-dealkylation sites (tertiary alicyclic amines) is 2. The van der Waals surface area contributed by atoms with Crippen molar-refractivity contribution in [1.82, 2.24) is 25.1 Å². The van der Waals surface area contributed by atoms with E-state index in [1.807, 2.05) is 23.1 Å². The van der Waals surface area contributed by atoms with Crippen molar-refractivity contribution in [2.75, 3.05) is 32.7 Å². The summed E-state index contributed by atoms with van der Waals surface area (Å²) in [6.07, 6.45) is 5.12. The number of fused-ring (bicyclic) bond motifs is 1. The number of carbonyl (C=O) groups is 3. The number of nitrogens with one attached hydrogen (secondary N) is 1. The summed E-state index contributed by atoms with van der Waals surface area (Å²) in [5, 5.41) is 12.6. The van der Waals surface area contributed by atoms with Crippen LogP contribution in [0.25, 0.3) is 0 Å². The highest BCUT2D eigenvalue weighted by atomic mass is 16.5. The van der Waals surface area contributed by atoms with Gasteiger partial charge in [-0.1, -0.05) is 49.2 Å². The minimum Gasteiger partial charge on any atom is -0.478 e. The van der Waals surface area contributed by atoms with Crippen molar-refractivity contribution in [3.05, 3.63) is 82.7 Å². The lowest BCUT2D eigenvalue weighted by molar-refractivity contribution is -0.125. The molecule has 236 valence electrons. The van der Waals surface area contributed by atoms with Gasteiger partial charge in [-0.2, -0.15) is 9.97 Å². The highest BCUT2D eigenvalue weighted by Crippen LogP contribution is 2.34. The largest absolute Gasteiger partial charge is 0.478 e. The summed E-state index contributed by atoms with van der Waals surface area (Å²) in [4.78, 5) is 51.2. The third kappa shape index (κ3) is 7.01. The Labute approximate surface area is 263 Å². The lowest BCUT2D eigenvalue weighted by Crippen LogP contribution is -2.37. The molecular weight excluding hydrogens is 570 g/mol. The second kappa shape index (κ2) is 13.4. The molecule has 1 aliphatic carbocycles. The average Bonchev–Trinajstić information content (AvgIpc) is 3.77. The van der Waals surface area contributed by atoms with E-state index in [4.69, 9.17) is 4.74 Å². The van der Waals surface area contributed by atoms with E-state index >= 15 is 0 Å². The van der Waals surface area contributed by atoms with Gasteiger partial charge in [0.2, 0.25) is 5.91 Å². The van der Waals surface area contributed by atoms with E-state index in [1.165, 1.54) is 12.1 Å². The Balaban J connectivity index is 1.04. The molecule has 3 heterocycles. The lowest BCUT2D eigenvalue weighted by Gasteiger charge is -2.26. The van der Waals surface area contributed by atoms with Crippen LogP contribution in [-0.4, -0.2) is 75.4 Å². The van der Waals surface area contributed by atoms with Gasteiger partial charge in [0, 0.05) is 38.6 Å². The van der Waals surface area contributed by atoms with Crippen LogP contribution in [-0.2, 0) is 4.79 Å². The van der Waals surface area contributed by atoms with Crippen LogP contribution in [0, 0.1) is 31.6 Å². The first-order chi connectivity index (χ1) is 21.7. The van der Waals surface area contributed by atoms with Gasteiger partial charge in [-0.15, -0.1) is 0 Å². The first-order valence-corrected chi connectivity index (χ1v) is 16.0. The van der Waals surface area contributed by atoms with Gasteiger partial charge in [-0.05, 0) is 68.7 Å². The van der Waals surface area contributed by atoms with Gasteiger partial charge in [0.05, 0.1) is 28.6 Å². The molecule has 3 fully saturated rings. The summed E-state index contributed by atoms with van der Waals surface area (Å²) >= 11 is 0. The Morgan fingerprint density at radius 3 is 2.24 bits per heavy atom. The maximum atomic E-state index is 13.7. The smallest absolute Gasteiger partial charge is 0.335 e. The van der Waals surface area contributed by atoms with Crippen molar-refractivity contribution < 1.29 is 24.2 Å². The van der Waals surface area contributed by atoms with Gasteiger partial charge >= 0.3 is 12.0 Å². The van der Waals surface area contributed by atoms with Crippen LogP contribution in [0.3, 0.4) is 0 Å². The summed E-state index contributed by atoms with van der Waals surface area (Å²) < 4.78 is 5.74. The zero-order valence-electron chi connectivity index (χ0n) is 25.9. The van der Waals surface area contributed by atoms with Crippen LogP contribution in [0.2, 0.25) is 0 Å². The van der Waals surface area contributed by atoms with E-state index in [-0.39, 0.29) is 35.3 Å². The van der Waals surface area contributed by atoms with Crippen LogP contribution >= 0.6 is 0 Å². The van der Waals surface area contributed by atoms with Crippen LogP contribution in [0.1, 0.15) is 75.8 Å². The summed E-state index contributed by atoms with van der Waals surface area (Å²) in [5.74, 6) is 0.344. The minimum atomic E-state index is -1.05. The molecule has 0 radical (unpaired) electrons. The van der Waals surface area contributed by atoms with Gasteiger partial charge in [-0.3, -0.25) is 9.59 Å². The Morgan fingerprint density at radius 1 is 0.933 bits per heavy atom. The molecule has 2 amide bonds. The Morgan fingerprint density at radius 2 is 1.60 bits per heavy atom. The number of nitrogens with zero attached hydrogens (tertiary/aromatic N) is 4. The first-order valence-electron chi connectivity index (χ1n) is 16.0. The topological polar surface area (TPSA) is 125 Å². The van der Waals surface area contributed by atoms with Crippen LogP contribution in [0.4, 0.5) is 0 Å². The number of benzene rings is 2. The van der Waals surface area contributed by atoms with E-state index in [0.29, 0.717) is 47.6 Å². The van der Waals surface area contributed by atoms with Gasteiger partial charge < -0.3 is 25.0 Å². The second-order valence-corrected chi connectivity index (χ2v) is 12.7. The molecule has 0 spiro atoms. The predicted molar refractivity (Wildman–Crippen MR) is 168 cm³/mol. The number of aromatic carboxylic acids is 1. The van der Waals surface area contributed by atoms with Gasteiger partial charge in [0.1, 0.15) is 5.75 Å². The average molecular weight is 612 g/mol. The molecule has 45 heavy (non-hydrogen) atoms. The van der Waals surface area contributed by atoms with E-state index < -0.39 is 5.97 Å². The number of hydrogen-bond acceptors (Lipinski definition) is 7. The summed E-state index contributed by atoms with van der Waals surface area (Å²) in [6.45, 7) is 7.70. The number of aryl methyl sites for hydroxylation is 2. The Bertz CT molecular complexity index is 1520. The third-order valence-corrected chi connectivity index (χ3v) is 9.58. The van der Waals surface area contributed by atoms with Crippen molar-refractivity contribution in [3.8, 4) is 11.8 Å². The number of amides is 2. The number of carboxylic acid groups (broad SMARTS) is 1. The van der Waals surface area contributed by atoms with Crippen LogP contribution in [0.5, 0.6) is 11.8 Å². The van der Waals surface area contributed by atoms with Crippen molar-refractivity contribution >= 4 is 17.8 Å². The van der Waals surface area contributed by atoms with Crippen LogP contribution in [0.15, 0.2) is 54.6 Å². The number of aromatic nitrogens is 2. The molecule has 2 aliphatic heterocycles. The third-order valence-electron chi connectivity index (χ3n) is 9.58. The van der Waals surface area contributed by atoms with Crippen molar-refractivity contribution in [3.63, 3.8) is 0 Å². The molecule has 1 aromatic heterocycles. The fourth-order valence-corrected chi connectivity index (χ4v) is 7.23. The van der Waals surface area contributed by atoms with Crippen molar-refractivity contribution in [2.45, 2.75) is 52.0 Å². The number of hydrogen-bond donors (Lipinski definition) is 2. The SMILES string of the molecule is Cc1nc(Oc2cccc(C(=O)O)c2)nc(C)c1C(=O)N1CC2CN(CCC(NC(=O)C3CCCC3)c3ccccc3)CC2C1. The first kappa shape index (κ1) is 30.7. The fraction of sp³-hybridized carbons (Fsp3) is 0.457. The monoisotopic (exact) mass is 611 g/mol. The maximum absolute atomic E-state index is 13.7. The minimum absolute atomic E-state index is 0.00294. The van der Waals surface area contributed by atoms with E-state index in [9.17, 15) is 19.5 Å². The van der Waals surface area contributed by atoms with Crippen molar-refractivity contribution in [2.24, 2.45) is 17.8 Å². The van der Waals surface area contributed by atoms with E-state index in [1.54, 1.807) is 26.0 Å². The lowest BCUT2D eigenvalue weighted by atomic mass is 10.0. The maximum Gasteiger partial charge on any atom is 0.335 e. The Kier molecular flexibility index (Phi) is 9.11. The van der Waals surface area contributed by atoms with E-state index in [0.717, 1.165) is 57.3 Å². The second-order valence-electron chi connectivity index (χ2n) is 12.7. The number of carbonyl (C=O) groups excluding carboxylic acids is 2. The molecule has 10 nitrogen and oxygen atoms in total. The number of ether oxygens (including phenoxy) is 1. The zero-order valence-corrected chi connectivity index (χ0v) is 25.9. The summed E-state index contributed by atoms with van der Waals surface area (Å²) in [6, 6.07) is 16.5. The zero-order chi connectivity index (χ0) is 31.5. The highest BCUT2D eigenvalue weighted by molar-refractivity contribution is 5.96. The predicted octanol–water partition coefficient (Wildman–Crippen LogP) is 5.03. The quantitative estimate of drug-likeness (QED) is 0.327. The van der Waals surface area contributed by atoms with E-state index in [2.05, 4.69) is 32.3 Å². The highest BCUT2D eigenvalue weighted by Gasteiger charge is 2.42. The molecule has 3 aliphatic rings. The Hall–Kier alpha value is -4.31. The molecule has 1 saturated carbocycles.